The number of nitrogens with zero attached hydrogens (tertiary/aromatic N) is 2. The maximum Gasteiger partial charge on any atom is 0.407 e. The van der Waals surface area contributed by atoms with Gasteiger partial charge >= 0.3 is 12.1 Å². The summed E-state index contributed by atoms with van der Waals surface area (Å²) in [6.45, 7) is 3.10. The van der Waals surface area contributed by atoms with Gasteiger partial charge in [-0.05, 0) is 19.8 Å². The van der Waals surface area contributed by atoms with Gasteiger partial charge in [0.1, 0.15) is 11.1 Å². The van der Waals surface area contributed by atoms with Gasteiger partial charge in [0.2, 0.25) is 0 Å². The zero-order chi connectivity index (χ0) is 19.4. The second-order valence-corrected chi connectivity index (χ2v) is 7.08. The standard InChI is InChI=1S/C17H23ClN4O5/c1-2-26-16(24)11-4-3-5-12(11)20-17(25)27-10-6-7-22(9-10)13-8-19-21-15(23)14(13)18/h8,10-12H,2-7,9H2,1H3,(H,20,25)(H,21,23)/t10-,11-,12-/m1/s1. The number of carbonyl (C=O) groups is 2. The highest BCUT2D eigenvalue weighted by atomic mass is 35.5. The molecule has 0 radical (unpaired) electrons. The average Bonchev–Trinajstić information content (AvgIpc) is 3.27. The van der Waals surface area contributed by atoms with Gasteiger partial charge in [0.05, 0.1) is 31.0 Å². The fraction of sp³-hybridized carbons (Fsp3) is 0.647. The average molecular weight is 399 g/mol. The van der Waals surface area contributed by atoms with E-state index in [-0.39, 0.29) is 29.1 Å². The summed E-state index contributed by atoms with van der Waals surface area (Å²) in [6.07, 6.45) is 3.51. The van der Waals surface area contributed by atoms with Gasteiger partial charge in [-0.25, -0.2) is 9.89 Å². The van der Waals surface area contributed by atoms with Crippen LogP contribution in [0.3, 0.4) is 0 Å². The molecule has 1 amide bonds. The highest BCUT2D eigenvalue weighted by molar-refractivity contribution is 6.33. The lowest BCUT2D eigenvalue weighted by atomic mass is 10.0. The molecule has 2 heterocycles. The van der Waals surface area contributed by atoms with Crippen LogP contribution >= 0.6 is 11.6 Å². The molecule has 10 heteroatoms. The summed E-state index contributed by atoms with van der Waals surface area (Å²) in [7, 11) is 0. The zero-order valence-electron chi connectivity index (χ0n) is 15.1. The van der Waals surface area contributed by atoms with E-state index in [1.807, 2.05) is 4.90 Å². The first kappa shape index (κ1) is 19.5. The second kappa shape index (κ2) is 8.60. The van der Waals surface area contributed by atoms with Crippen LogP contribution in [0.15, 0.2) is 11.0 Å². The van der Waals surface area contributed by atoms with Crippen molar-refractivity contribution in [1.82, 2.24) is 15.5 Å². The number of esters is 1. The van der Waals surface area contributed by atoms with Gasteiger partial charge < -0.3 is 19.7 Å². The molecule has 27 heavy (non-hydrogen) atoms. The minimum Gasteiger partial charge on any atom is -0.466 e. The van der Waals surface area contributed by atoms with E-state index in [9.17, 15) is 14.4 Å². The van der Waals surface area contributed by atoms with Crippen molar-refractivity contribution in [2.24, 2.45) is 5.92 Å². The van der Waals surface area contributed by atoms with Crippen LogP contribution in [-0.2, 0) is 14.3 Å². The highest BCUT2D eigenvalue weighted by Gasteiger charge is 2.36. The Bertz CT molecular complexity index is 755. The van der Waals surface area contributed by atoms with Crippen LogP contribution in [0.4, 0.5) is 10.5 Å². The maximum atomic E-state index is 12.2. The summed E-state index contributed by atoms with van der Waals surface area (Å²) in [6, 6.07) is -0.264. The Balaban J connectivity index is 1.52. The molecule has 3 rings (SSSR count). The van der Waals surface area contributed by atoms with Gasteiger partial charge in [-0.15, -0.1) is 0 Å². The van der Waals surface area contributed by atoms with Gasteiger partial charge in [0.25, 0.3) is 5.56 Å². The number of amides is 1. The van der Waals surface area contributed by atoms with Crippen molar-refractivity contribution in [3.63, 3.8) is 0 Å². The number of hydrogen-bond donors (Lipinski definition) is 2. The number of ether oxygens (including phenoxy) is 2. The molecule has 0 aromatic carbocycles. The molecule has 1 saturated heterocycles. The van der Waals surface area contributed by atoms with Crippen molar-refractivity contribution in [2.75, 3.05) is 24.6 Å². The Morgan fingerprint density at radius 2 is 2.22 bits per heavy atom. The summed E-state index contributed by atoms with van der Waals surface area (Å²) in [4.78, 5) is 37.7. The highest BCUT2D eigenvalue weighted by Crippen LogP contribution is 2.28. The molecule has 3 atom stereocenters. The Morgan fingerprint density at radius 1 is 1.41 bits per heavy atom. The topological polar surface area (TPSA) is 114 Å². The second-order valence-electron chi connectivity index (χ2n) is 6.70. The van der Waals surface area contributed by atoms with E-state index < -0.39 is 11.7 Å². The first-order valence-electron chi connectivity index (χ1n) is 9.11. The van der Waals surface area contributed by atoms with E-state index in [1.54, 1.807) is 6.92 Å². The van der Waals surface area contributed by atoms with E-state index in [4.69, 9.17) is 21.1 Å². The number of nitrogens with one attached hydrogen (secondary N) is 2. The molecule has 2 aliphatic rings. The maximum absolute atomic E-state index is 12.2. The van der Waals surface area contributed by atoms with Crippen molar-refractivity contribution >= 4 is 29.4 Å². The third-order valence-electron chi connectivity index (χ3n) is 4.95. The summed E-state index contributed by atoms with van der Waals surface area (Å²) < 4.78 is 10.6. The normalized spacial score (nSPS) is 24.7. The van der Waals surface area contributed by atoms with Gasteiger partial charge in [0, 0.05) is 19.0 Å². The molecular weight excluding hydrogens is 376 g/mol. The minimum absolute atomic E-state index is 0.0679. The third-order valence-corrected chi connectivity index (χ3v) is 5.31. The first-order chi connectivity index (χ1) is 13.0. The minimum atomic E-state index is -0.543. The van der Waals surface area contributed by atoms with E-state index in [0.29, 0.717) is 38.2 Å². The number of alkyl carbamates (subject to hydrolysis) is 1. The Morgan fingerprint density at radius 3 is 3.00 bits per heavy atom. The SMILES string of the molecule is CCOC(=O)[C@@H]1CCC[C@H]1NC(=O)O[C@@H]1CCN(c2cn[nH]c(=O)c2Cl)C1. The van der Waals surface area contributed by atoms with Crippen LogP contribution in [-0.4, -0.2) is 54.1 Å². The van der Waals surface area contributed by atoms with Gasteiger partial charge in [-0.2, -0.15) is 5.10 Å². The molecule has 9 nitrogen and oxygen atoms in total. The number of H-pyrrole nitrogens is 1. The van der Waals surface area contributed by atoms with Crippen molar-refractivity contribution in [3.05, 3.63) is 21.6 Å². The van der Waals surface area contributed by atoms with E-state index >= 15 is 0 Å². The number of anilines is 1. The number of rotatable bonds is 5. The molecule has 1 aliphatic carbocycles. The van der Waals surface area contributed by atoms with Gasteiger partial charge in [-0.1, -0.05) is 18.0 Å². The lowest BCUT2D eigenvalue weighted by molar-refractivity contribution is -0.148. The summed E-state index contributed by atoms with van der Waals surface area (Å²) >= 11 is 6.02. The number of halogens is 1. The molecule has 0 unspecified atom stereocenters. The predicted octanol–water partition coefficient (Wildman–Crippen LogP) is 1.46. The van der Waals surface area contributed by atoms with Crippen molar-refractivity contribution in [2.45, 2.75) is 44.8 Å². The molecule has 2 fully saturated rings. The van der Waals surface area contributed by atoms with Crippen LogP contribution in [0, 0.1) is 5.92 Å². The molecular formula is C17H23ClN4O5. The van der Waals surface area contributed by atoms with Crippen LogP contribution in [0.5, 0.6) is 0 Å². The van der Waals surface area contributed by atoms with E-state index in [2.05, 4.69) is 15.5 Å². The third kappa shape index (κ3) is 4.52. The quantitative estimate of drug-likeness (QED) is 0.721. The molecule has 1 saturated carbocycles. The molecule has 1 aromatic rings. The Kier molecular flexibility index (Phi) is 6.20. The summed E-state index contributed by atoms with van der Waals surface area (Å²) in [5, 5.41) is 8.89. The largest absolute Gasteiger partial charge is 0.466 e. The molecule has 148 valence electrons. The van der Waals surface area contributed by atoms with Gasteiger partial charge in [0.15, 0.2) is 0 Å². The van der Waals surface area contributed by atoms with Crippen LogP contribution < -0.4 is 15.8 Å². The predicted molar refractivity (Wildman–Crippen MR) is 97.9 cm³/mol. The van der Waals surface area contributed by atoms with Crippen LogP contribution in [0.25, 0.3) is 0 Å². The Labute approximate surface area is 161 Å². The lowest BCUT2D eigenvalue weighted by Gasteiger charge is -2.21. The van der Waals surface area contributed by atoms with Crippen molar-refractivity contribution in [3.8, 4) is 0 Å². The number of carbonyl (C=O) groups excluding carboxylic acids is 2. The monoisotopic (exact) mass is 398 g/mol. The molecule has 0 bridgehead atoms. The van der Waals surface area contributed by atoms with Gasteiger partial charge in [-0.3, -0.25) is 9.59 Å². The molecule has 1 aromatic heterocycles. The molecule has 2 N–H and O–H groups in total. The fourth-order valence-corrected chi connectivity index (χ4v) is 3.85. The van der Waals surface area contributed by atoms with Crippen LogP contribution in [0.1, 0.15) is 32.6 Å². The smallest absolute Gasteiger partial charge is 0.407 e. The Hall–Kier alpha value is -2.29. The lowest BCUT2D eigenvalue weighted by Crippen LogP contribution is -2.42. The zero-order valence-corrected chi connectivity index (χ0v) is 15.8. The van der Waals surface area contributed by atoms with Crippen LogP contribution in [0.2, 0.25) is 5.02 Å². The van der Waals surface area contributed by atoms with Crippen molar-refractivity contribution in [1.29, 1.82) is 0 Å². The number of hydrogen-bond acceptors (Lipinski definition) is 7. The first-order valence-corrected chi connectivity index (χ1v) is 9.49. The number of aromatic nitrogens is 2. The van der Waals surface area contributed by atoms with Crippen molar-refractivity contribution < 1.29 is 19.1 Å². The summed E-state index contributed by atoms with van der Waals surface area (Å²) in [5.74, 6) is -0.595. The van der Waals surface area contributed by atoms with E-state index in [0.717, 1.165) is 12.8 Å². The van der Waals surface area contributed by atoms with E-state index in [1.165, 1.54) is 6.20 Å². The summed E-state index contributed by atoms with van der Waals surface area (Å²) in [5.41, 5.74) is 0.0626. The fourth-order valence-electron chi connectivity index (χ4n) is 3.64. The molecule has 1 aliphatic heterocycles. The number of aromatic amines is 1. The molecule has 0 spiro atoms.